The molecule has 8 heteroatoms. The molecule has 1 fully saturated rings. The zero-order chi connectivity index (χ0) is 25.9. The zero-order valence-corrected chi connectivity index (χ0v) is 23.0. The minimum Gasteiger partial charge on any atom is -0.504 e. The predicted octanol–water partition coefficient (Wildman–Crippen LogP) is 4.28. The van der Waals surface area contributed by atoms with E-state index in [1.807, 2.05) is 13.0 Å². The molecule has 3 N–H and O–H groups in total. The Morgan fingerprint density at radius 3 is 2.57 bits per heavy atom. The number of hydrogen-bond donors (Lipinski definition) is 3. The summed E-state index contributed by atoms with van der Waals surface area (Å²) < 4.78 is 5.98. The molecule has 2 amide bonds. The molecule has 2 aliphatic rings. The van der Waals surface area contributed by atoms with Gasteiger partial charge in [-0.05, 0) is 78.0 Å². The molecular weight excluding hydrogens is 561 g/mol. The molecule has 4 atom stereocenters. The molecule has 0 saturated carbocycles. The smallest absolute Gasteiger partial charge is 0.233 e. The van der Waals surface area contributed by atoms with Crippen molar-refractivity contribution in [3.05, 3.63) is 38.0 Å². The average molecular weight is 597 g/mol. The Balaban J connectivity index is 1.85. The lowest BCUT2D eigenvalue weighted by Crippen LogP contribution is -2.39. The van der Waals surface area contributed by atoms with Crippen LogP contribution in [0, 0.1) is 21.3 Å². The number of imide groups is 1. The van der Waals surface area contributed by atoms with Crippen LogP contribution in [0.3, 0.4) is 0 Å². The van der Waals surface area contributed by atoms with Gasteiger partial charge in [0.1, 0.15) is 0 Å². The van der Waals surface area contributed by atoms with E-state index < -0.39 is 23.9 Å². The van der Waals surface area contributed by atoms with Crippen molar-refractivity contribution in [1.82, 2.24) is 4.90 Å². The highest BCUT2D eigenvalue weighted by molar-refractivity contribution is 14.1. The molecule has 1 aliphatic carbocycles. The van der Waals surface area contributed by atoms with Gasteiger partial charge in [0.15, 0.2) is 11.5 Å². The lowest BCUT2D eigenvalue weighted by Gasteiger charge is -2.36. The summed E-state index contributed by atoms with van der Waals surface area (Å²) in [4.78, 5) is 26.6. The first-order valence-electron chi connectivity index (χ1n) is 12.3. The van der Waals surface area contributed by atoms with Gasteiger partial charge in [-0.3, -0.25) is 14.5 Å². The van der Waals surface area contributed by atoms with E-state index in [1.54, 1.807) is 6.07 Å². The van der Waals surface area contributed by atoms with Crippen molar-refractivity contribution in [3.63, 3.8) is 0 Å². The summed E-state index contributed by atoms with van der Waals surface area (Å²) in [6, 6.07) is 3.69. The van der Waals surface area contributed by atoms with Gasteiger partial charge in [-0.2, -0.15) is 0 Å². The SMILES string of the molecule is CCC/C(=C\c1cc(I)c(O)c(OC)c1)CC[C@@H](O)C1=C(CC)C[C@H]2C(=O)N(C)C(=O)[C@H]2[C@H]1CO. The van der Waals surface area contributed by atoms with Crippen LogP contribution < -0.4 is 4.74 Å². The second kappa shape index (κ2) is 11.9. The molecule has 1 heterocycles. The highest BCUT2D eigenvalue weighted by Crippen LogP contribution is 2.46. The summed E-state index contributed by atoms with van der Waals surface area (Å²) in [6.07, 6.45) is 5.32. The Labute approximate surface area is 221 Å². The topological polar surface area (TPSA) is 107 Å². The van der Waals surface area contributed by atoms with Crippen LogP contribution in [0.2, 0.25) is 0 Å². The minimum absolute atomic E-state index is 0.119. The number of allylic oxidation sites excluding steroid dienone is 2. The van der Waals surface area contributed by atoms with Crippen molar-refractivity contribution in [1.29, 1.82) is 0 Å². The second-order valence-electron chi connectivity index (χ2n) is 9.43. The Kier molecular flexibility index (Phi) is 9.40. The summed E-state index contributed by atoms with van der Waals surface area (Å²) in [5, 5.41) is 31.7. The van der Waals surface area contributed by atoms with Crippen molar-refractivity contribution in [2.45, 2.75) is 58.5 Å². The summed E-state index contributed by atoms with van der Waals surface area (Å²) in [5.41, 5.74) is 3.80. The number of hydrogen-bond acceptors (Lipinski definition) is 6. The number of carbonyl (C=O) groups excluding carboxylic acids is 2. The fourth-order valence-electron chi connectivity index (χ4n) is 5.59. The van der Waals surface area contributed by atoms with Crippen molar-refractivity contribution in [2.75, 3.05) is 20.8 Å². The van der Waals surface area contributed by atoms with Crippen LogP contribution in [0.15, 0.2) is 28.9 Å². The number of fused-ring (bicyclic) bond motifs is 1. The average Bonchev–Trinajstić information content (AvgIpc) is 3.06. The number of methoxy groups -OCH3 is 1. The molecular formula is C27H36INO6. The maximum absolute atomic E-state index is 12.8. The lowest BCUT2D eigenvalue weighted by atomic mass is 9.67. The van der Waals surface area contributed by atoms with E-state index >= 15 is 0 Å². The normalized spacial score (nSPS) is 23.7. The largest absolute Gasteiger partial charge is 0.504 e. The number of aromatic hydroxyl groups is 1. The van der Waals surface area contributed by atoms with Gasteiger partial charge < -0.3 is 20.1 Å². The number of halogens is 1. The maximum Gasteiger partial charge on any atom is 0.233 e. The van der Waals surface area contributed by atoms with Crippen molar-refractivity contribution in [2.24, 2.45) is 17.8 Å². The molecule has 3 rings (SSSR count). The van der Waals surface area contributed by atoms with Gasteiger partial charge in [0.05, 0.1) is 35.2 Å². The van der Waals surface area contributed by atoms with E-state index in [0.29, 0.717) is 35.0 Å². The van der Waals surface area contributed by atoms with Crippen LogP contribution in [-0.2, 0) is 9.59 Å². The first-order valence-corrected chi connectivity index (χ1v) is 13.3. The summed E-state index contributed by atoms with van der Waals surface area (Å²) in [6.45, 7) is 3.82. The third-order valence-corrected chi connectivity index (χ3v) is 8.16. The van der Waals surface area contributed by atoms with Gasteiger partial charge in [-0.25, -0.2) is 0 Å². The van der Waals surface area contributed by atoms with Gasteiger partial charge in [0.25, 0.3) is 0 Å². The van der Waals surface area contributed by atoms with Crippen LogP contribution >= 0.6 is 22.6 Å². The molecule has 1 aliphatic heterocycles. The highest BCUT2D eigenvalue weighted by atomic mass is 127. The second-order valence-corrected chi connectivity index (χ2v) is 10.6. The first-order chi connectivity index (χ1) is 16.7. The third kappa shape index (κ3) is 5.59. The highest BCUT2D eigenvalue weighted by Gasteiger charge is 2.53. The molecule has 0 spiro atoms. The Morgan fingerprint density at radius 2 is 1.97 bits per heavy atom. The molecule has 7 nitrogen and oxygen atoms in total. The number of likely N-dealkylation sites (tertiary alicyclic amines) is 1. The number of ether oxygens (including phenoxy) is 1. The van der Waals surface area contributed by atoms with Gasteiger partial charge in [-0.15, -0.1) is 0 Å². The number of aliphatic hydroxyl groups is 2. The summed E-state index contributed by atoms with van der Waals surface area (Å²) in [5.74, 6) is -1.51. The van der Waals surface area contributed by atoms with Crippen molar-refractivity contribution < 1.29 is 29.6 Å². The number of aliphatic hydroxyl groups excluding tert-OH is 2. The van der Waals surface area contributed by atoms with E-state index in [0.717, 1.165) is 35.1 Å². The first kappa shape index (κ1) is 27.7. The number of benzene rings is 1. The molecule has 35 heavy (non-hydrogen) atoms. The lowest BCUT2D eigenvalue weighted by molar-refractivity contribution is -0.138. The summed E-state index contributed by atoms with van der Waals surface area (Å²) >= 11 is 2.07. The van der Waals surface area contributed by atoms with E-state index in [-0.39, 0.29) is 24.2 Å². The number of phenolic OH excluding ortho intramolecular Hbond substituents is 1. The fourth-order valence-corrected chi connectivity index (χ4v) is 6.22. The van der Waals surface area contributed by atoms with E-state index in [9.17, 15) is 24.9 Å². The van der Waals surface area contributed by atoms with Gasteiger partial charge in [0, 0.05) is 13.0 Å². The quantitative estimate of drug-likeness (QED) is 0.211. The number of phenols is 1. The Hall–Kier alpha value is -1.91. The molecule has 0 radical (unpaired) electrons. The summed E-state index contributed by atoms with van der Waals surface area (Å²) in [7, 11) is 3.02. The maximum atomic E-state index is 12.8. The van der Waals surface area contributed by atoms with Gasteiger partial charge in [-0.1, -0.05) is 37.5 Å². The predicted molar refractivity (Wildman–Crippen MR) is 143 cm³/mol. The van der Waals surface area contributed by atoms with E-state index in [1.165, 1.54) is 19.1 Å². The molecule has 1 aromatic carbocycles. The van der Waals surface area contributed by atoms with Crippen molar-refractivity contribution in [3.8, 4) is 11.5 Å². The zero-order valence-electron chi connectivity index (χ0n) is 20.9. The third-order valence-electron chi connectivity index (χ3n) is 7.34. The Bertz CT molecular complexity index is 1030. The van der Waals surface area contributed by atoms with Gasteiger partial charge in [0.2, 0.25) is 11.8 Å². The van der Waals surface area contributed by atoms with Crippen LogP contribution in [0.4, 0.5) is 0 Å². The van der Waals surface area contributed by atoms with E-state index in [4.69, 9.17) is 4.74 Å². The fraction of sp³-hybridized carbons (Fsp3) is 0.556. The van der Waals surface area contributed by atoms with Crippen LogP contribution in [0.25, 0.3) is 6.08 Å². The van der Waals surface area contributed by atoms with Crippen LogP contribution in [0.1, 0.15) is 57.9 Å². The Morgan fingerprint density at radius 1 is 1.26 bits per heavy atom. The number of carbonyl (C=O) groups is 2. The number of rotatable bonds is 10. The molecule has 1 saturated heterocycles. The molecule has 1 aromatic rings. The van der Waals surface area contributed by atoms with E-state index in [2.05, 4.69) is 35.6 Å². The standard InChI is InChI=1S/C27H36INO6/c1-5-7-15(10-16-11-20(28)25(32)22(12-16)35-4)8-9-21(31)23-17(6-2)13-18-24(19(23)14-30)27(34)29(3)26(18)33/h10-12,18-19,21,24,30-32H,5-9,13-14H2,1-4H3/b15-10+/t18-,19+,21-,24-/m1/s1. The van der Waals surface area contributed by atoms with Crippen LogP contribution in [0.5, 0.6) is 11.5 Å². The minimum atomic E-state index is -0.799. The molecule has 192 valence electrons. The molecule has 0 aromatic heterocycles. The van der Waals surface area contributed by atoms with Crippen molar-refractivity contribution >= 4 is 40.5 Å². The molecule has 0 unspecified atom stereocenters. The number of nitrogens with zero attached hydrogens (tertiary/aromatic N) is 1. The molecule has 0 bridgehead atoms. The van der Waals surface area contributed by atoms with Gasteiger partial charge >= 0.3 is 0 Å². The van der Waals surface area contributed by atoms with Crippen LogP contribution in [-0.4, -0.2) is 58.9 Å². The number of amides is 2. The monoisotopic (exact) mass is 597 g/mol.